The average Bonchev–Trinajstić information content (AvgIpc) is 2.49. The van der Waals surface area contributed by atoms with Crippen molar-refractivity contribution in [1.29, 1.82) is 0 Å². The molecule has 0 saturated carbocycles. The molecular weight excluding hydrogens is 368 g/mol. The maximum Gasteiger partial charge on any atom is 0.305 e. The summed E-state index contributed by atoms with van der Waals surface area (Å²) in [5, 5.41) is 0. The number of carbonyl (C=O) groups is 5. The predicted molar refractivity (Wildman–Crippen MR) is 83.7 cm³/mol. The van der Waals surface area contributed by atoms with Crippen LogP contribution in [0.2, 0.25) is 0 Å². The third-order valence-corrected chi connectivity index (χ3v) is 3.23. The zero-order valence-electron chi connectivity index (χ0n) is 15.6. The number of carbonyl (C=O) groups excluding carboxylic acids is 5. The Balaban J connectivity index is 3.29. The van der Waals surface area contributed by atoms with Gasteiger partial charge in [-0.1, -0.05) is 0 Å². The summed E-state index contributed by atoms with van der Waals surface area (Å²) < 4.78 is 30.8. The highest BCUT2D eigenvalue weighted by Crippen LogP contribution is 2.29. The van der Waals surface area contributed by atoms with Gasteiger partial charge >= 0.3 is 29.8 Å². The van der Waals surface area contributed by atoms with E-state index in [-0.39, 0.29) is 0 Å². The fourth-order valence-corrected chi connectivity index (χ4v) is 2.45. The molecular formula is C16H22O11. The third-order valence-electron chi connectivity index (χ3n) is 3.23. The van der Waals surface area contributed by atoms with E-state index in [1.807, 2.05) is 0 Å². The lowest BCUT2D eigenvalue weighted by atomic mass is 9.98. The lowest BCUT2D eigenvalue weighted by Gasteiger charge is -2.43. The van der Waals surface area contributed by atoms with Gasteiger partial charge in [0.05, 0.1) is 0 Å². The highest BCUT2D eigenvalue weighted by molar-refractivity contribution is 5.69. The molecule has 11 nitrogen and oxygen atoms in total. The number of rotatable bonds is 6. The zero-order valence-corrected chi connectivity index (χ0v) is 15.6. The number of hydrogen-bond acceptors (Lipinski definition) is 11. The van der Waals surface area contributed by atoms with Gasteiger partial charge in [0, 0.05) is 34.6 Å². The van der Waals surface area contributed by atoms with Gasteiger partial charge in [-0.3, -0.25) is 24.0 Å². The van der Waals surface area contributed by atoms with Crippen LogP contribution in [0.25, 0.3) is 0 Å². The normalized spacial score (nSPS) is 27.1. The van der Waals surface area contributed by atoms with Crippen LogP contribution in [0.4, 0.5) is 0 Å². The molecule has 0 aromatic carbocycles. The summed E-state index contributed by atoms with van der Waals surface area (Å²) in [5.41, 5.74) is 0. The molecule has 27 heavy (non-hydrogen) atoms. The molecule has 0 radical (unpaired) electrons. The van der Waals surface area contributed by atoms with E-state index >= 15 is 0 Å². The standard InChI is InChI=1S/C16H22O11/c1-7(17)22-6-12-13(23-8(2)18)14(24-9(3)19)15(25-10(4)20)16(27-12)26-11(5)21/h12-16H,6H2,1-5H3/t12-,13-,14-,15-,16+/m0/s1. The van der Waals surface area contributed by atoms with Crippen molar-refractivity contribution >= 4 is 29.8 Å². The van der Waals surface area contributed by atoms with Crippen molar-refractivity contribution in [3.8, 4) is 0 Å². The van der Waals surface area contributed by atoms with Gasteiger partial charge in [-0.15, -0.1) is 0 Å². The molecule has 1 saturated heterocycles. The average molecular weight is 390 g/mol. The van der Waals surface area contributed by atoms with Crippen molar-refractivity contribution in [3.63, 3.8) is 0 Å². The smallest absolute Gasteiger partial charge is 0.305 e. The van der Waals surface area contributed by atoms with E-state index in [0.29, 0.717) is 0 Å². The third kappa shape index (κ3) is 7.21. The Morgan fingerprint density at radius 1 is 0.630 bits per heavy atom. The molecule has 0 amide bonds. The molecule has 0 N–H and O–H groups in total. The van der Waals surface area contributed by atoms with Crippen molar-refractivity contribution in [2.24, 2.45) is 0 Å². The first-order chi connectivity index (χ1) is 12.5. The van der Waals surface area contributed by atoms with Gasteiger partial charge in [-0.25, -0.2) is 0 Å². The lowest BCUT2D eigenvalue weighted by Crippen LogP contribution is -2.63. The van der Waals surface area contributed by atoms with Crippen molar-refractivity contribution in [2.45, 2.75) is 65.3 Å². The minimum Gasteiger partial charge on any atom is -0.463 e. The fraction of sp³-hybridized carbons (Fsp3) is 0.688. The monoisotopic (exact) mass is 390 g/mol. The van der Waals surface area contributed by atoms with Crippen molar-refractivity contribution in [2.75, 3.05) is 6.61 Å². The SMILES string of the molecule is CC(=O)OC[C@@H]1O[C@@H](OC(C)=O)[C@@H](OC(C)=O)[C@@H](OC(C)=O)[C@H]1OC(C)=O. The summed E-state index contributed by atoms with van der Waals surface area (Å²) in [6.07, 6.45) is -6.70. The van der Waals surface area contributed by atoms with Gasteiger partial charge in [0.1, 0.15) is 12.7 Å². The molecule has 0 aromatic rings. The van der Waals surface area contributed by atoms with Crippen LogP contribution in [0.1, 0.15) is 34.6 Å². The van der Waals surface area contributed by atoms with Gasteiger partial charge in [0.2, 0.25) is 12.4 Å². The lowest BCUT2D eigenvalue weighted by molar-refractivity contribution is -0.300. The minimum atomic E-state index is -1.48. The van der Waals surface area contributed by atoms with Crippen LogP contribution in [0.3, 0.4) is 0 Å². The predicted octanol–water partition coefficient (Wildman–Crippen LogP) is -0.367. The molecule has 11 heteroatoms. The second-order valence-electron chi connectivity index (χ2n) is 5.68. The summed E-state index contributed by atoms with van der Waals surface area (Å²) >= 11 is 0. The van der Waals surface area contributed by atoms with E-state index in [9.17, 15) is 24.0 Å². The Bertz CT molecular complexity index is 599. The topological polar surface area (TPSA) is 141 Å². The maximum absolute atomic E-state index is 11.5. The van der Waals surface area contributed by atoms with E-state index in [1.54, 1.807) is 0 Å². The quantitative estimate of drug-likeness (QED) is 0.433. The first-order valence-corrected chi connectivity index (χ1v) is 7.99. The highest BCUT2D eigenvalue weighted by Gasteiger charge is 2.53. The zero-order chi connectivity index (χ0) is 20.7. The summed E-state index contributed by atoms with van der Waals surface area (Å²) in [7, 11) is 0. The van der Waals surface area contributed by atoms with Crippen LogP contribution in [0, 0.1) is 0 Å². The first-order valence-electron chi connectivity index (χ1n) is 7.99. The molecule has 1 fully saturated rings. The van der Waals surface area contributed by atoms with Gasteiger partial charge in [0.15, 0.2) is 12.2 Å². The summed E-state index contributed by atoms with van der Waals surface area (Å²) in [6.45, 7) is 5.13. The molecule has 0 spiro atoms. The van der Waals surface area contributed by atoms with Crippen LogP contribution in [-0.2, 0) is 52.4 Å². The molecule has 5 atom stereocenters. The van der Waals surface area contributed by atoms with Gasteiger partial charge in [-0.05, 0) is 0 Å². The van der Waals surface area contributed by atoms with E-state index < -0.39 is 67.2 Å². The number of esters is 5. The molecule has 0 unspecified atom stereocenters. The van der Waals surface area contributed by atoms with Gasteiger partial charge < -0.3 is 28.4 Å². The minimum absolute atomic E-state index is 0.393. The van der Waals surface area contributed by atoms with Crippen LogP contribution in [0.15, 0.2) is 0 Å². The molecule has 1 heterocycles. The van der Waals surface area contributed by atoms with E-state index in [1.165, 1.54) is 0 Å². The van der Waals surface area contributed by atoms with Crippen molar-refractivity contribution in [3.05, 3.63) is 0 Å². The van der Waals surface area contributed by atoms with Crippen LogP contribution < -0.4 is 0 Å². The van der Waals surface area contributed by atoms with E-state index in [2.05, 4.69) is 0 Å². The Kier molecular flexibility index (Phi) is 8.16. The molecule has 1 rings (SSSR count). The highest BCUT2D eigenvalue weighted by atomic mass is 16.7. The molecule has 0 aromatic heterocycles. The number of ether oxygens (including phenoxy) is 6. The Morgan fingerprint density at radius 2 is 1.07 bits per heavy atom. The van der Waals surface area contributed by atoms with Crippen LogP contribution in [0.5, 0.6) is 0 Å². The molecule has 0 bridgehead atoms. The molecule has 152 valence electrons. The Morgan fingerprint density at radius 3 is 1.52 bits per heavy atom. The summed E-state index contributed by atoms with van der Waals surface area (Å²) in [4.78, 5) is 57.0. The van der Waals surface area contributed by atoms with Crippen molar-refractivity contribution < 1.29 is 52.4 Å². The second-order valence-corrected chi connectivity index (χ2v) is 5.68. The van der Waals surface area contributed by atoms with E-state index in [0.717, 1.165) is 34.6 Å². The van der Waals surface area contributed by atoms with Crippen LogP contribution >= 0.6 is 0 Å². The Hall–Kier alpha value is -2.69. The maximum atomic E-state index is 11.5. The first kappa shape index (κ1) is 22.4. The molecule has 1 aliphatic rings. The van der Waals surface area contributed by atoms with Gasteiger partial charge in [-0.2, -0.15) is 0 Å². The number of hydrogen-bond donors (Lipinski definition) is 0. The van der Waals surface area contributed by atoms with E-state index in [4.69, 9.17) is 28.4 Å². The largest absolute Gasteiger partial charge is 0.463 e. The molecule has 0 aliphatic carbocycles. The molecule has 1 aliphatic heterocycles. The Labute approximate surface area is 155 Å². The summed E-state index contributed by atoms with van der Waals surface area (Å²) in [6, 6.07) is 0. The fourth-order valence-electron chi connectivity index (χ4n) is 2.45. The van der Waals surface area contributed by atoms with Crippen LogP contribution in [-0.4, -0.2) is 67.2 Å². The van der Waals surface area contributed by atoms with Gasteiger partial charge in [0.25, 0.3) is 0 Å². The summed E-state index contributed by atoms with van der Waals surface area (Å²) in [5.74, 6) is -3.71. The van der Waals surface area contributed by atoms with Crippen molar-refractivity contribution in [1.82, 2.24) is 0 Å². The second kappa shape index (κ2) is 9.86.